The summed E-state index contributed by atoms with van der Waals surface area (Å²) in [6, 6.07) is 4.17. The molecule has 2 N–H and O–H groups in total. The van der Waals surface area contributed by atoms with Crippen LogP contribution in [0.1, 0.15) is 32.3 Å². The second kappa shape index (κ2) is 5.37. The molecule has 18 heavy (non-hydrogen) atoms. The summed E-state index contributed by atoms with van der Waals surface area (Å²) in [5.41, 5.74) is 7.57. The first-order valence-electron chi connectivity index (χ1n) is 6.87. The van der Waals surface area contributed by atoms with Gasteiger partial charge in [0.05, 0.1) is 0 Å². The van der Waals surface area contributed by atoms with Gasteiger partial charge in [0.15, 0.2) is 0 Å². The SMILES string of the molecule is CC(C)C1CC(CN)(N(C)Cc2ccncc2)C1. The molecule has 2 rings (SSSR count). The number of pyridine rings is 1. The lowest BCUT2D eigenvalue weighted by Gasteiger charge is -2.54. The second-order valence-electron chi connectivity index (χ2n) is 6.05. The van der Waals surface area contributed by atoms with Gasteiger partial charge >= 0.3 is 0 Å². The summed E-state index contributed by atoms with van der Waals surface area (Å²) >= 11 is 0. The molecular weight excluding hydrogens is 222 g/mol. The Morgan fingerprint density at radius 1 is 1.39 bits per heavy atom. The van der Waals surface area contributed by atoms with Crippen molar-refractivity contribution >= 4 is 0 Å². The summed E-state index contributed by atoms with van der Waals surface area (Å²) in [6.07, 6.45) is 6.19. The van der Waals surface area contributed by atoms with Crippen LogP contribution < -0.4 is 5.73 Å². The number of hydrogen-bond donors (Lipinski definition) is 1. The average Bonchev–Trinajstić information content (AvgIpc) is 2.29. The third-order valence-corrected chi connectivity index (χ3v) is 4.59. The Labute approximate surface area is 110 Å². The van der Waals surface area contributed by atoms with Gasteiger partial charge in [0.2, 0.25) is 0 Å². The molecular formula is C15H25N3. The first-order valence-corrected chi connectivity index (χ1v) is 6.87. The fraction of sp³-hybridized carbons (Fsp3) is 0.667. The summed E-state index contributed by atoms with van der Waals surface area (Å²) in [5.74, 6) is 1.62. The third kappa shape index (κ3) is 2.57. The number of hydrogen-bond acceptors (Lipinski definition) is 3. The van der Waals surface area contributed by atoms with Gasteiger partial charge in [-0.1, -0.05) is 13.8 Å². The van der Waals surface area contributed by atoms with Gasteiger partial charge in [0.25, 0.3) is 0 Å². The Balaban J connectivity index is 1.98. The minimum atomic E-state index is 0.220. The van der Waals surface area contributed by atoms with E-state index in [0.29, 0.717) is 0 Å². The maximum absolute atomic E-state index is 6.03. The standard InChI is InChI=1S/C15H25N3/c1-12(2)14-8-15(9-14,11-16)18(3)10-13-4-6-17-7-5-13/h4-7,12,14H,8-11,16H2,1-3H3. The maximum Gasteiger partial charge on any atom is 0.0337 e. The second-order valence-corrected chi connectivity index (χ2v) is 6.05. The highest BCUT2D eigenvalue weighted by molar-refractivity contribution is 5.12. The zero-order valence-electron chi connectivity index (χ0n) is 11.8. The molecule has 0 saturated heterocycles. The van der Waals surface area contributed by atoms with Crippen LogP contribution in [0.25, 0.3) is 0 Å². The van der Waals surface area contributed by atoms with Crippen LogP contribution in [0.4, 0.5) is 0 Å². The smallest absolute Gasteiger partial charge is 0.0337 e. The molecule has 1 aromatic heterocycles. The zero-order valence-corrected chi connectivity index (χ0v) is 11.8. The van der Waals surface area contributed by atoms with E-state index in [1.807, 2.05) is 12.4 Å². The zero-order chi connectivity index (χ0) is 13.2. The van der Waals surface area contributed by atoms with Crippen molar-refractivity contribution in [3.05, 3.63) is 30.1 Å². The molecule has 3 nitrogen and oxygen atoms in total. The highest BCUT2D eigenvalue weighted by atomic mass is 15.2. The molecule has 0 aromatic carbocycles. The fourth-order valence-electron chi connectivity index (χ4n) is 2.95. The van der Waals surface area contributed by atoms with Crippen LogP contribution in [0.15, 0.2) is 24.5 Å². The predicted octanol–water partition coefficient (Wildman–Crippen LogP) is 2.28. The Morgan fingerprint density at radius 3 is 2.50 bits per heavy atom. The molecule has 0 radical (unpaired) electrons. The lowest BCUT2D eigenvalue weighted by Crippen LogP contribution is -2.60. The molecule has 0 unspecified atom stereocenters. The van der Waals surface area contributed by atoms with Crippen LogP contribution in [0.3, 0.4) is 0 Å². The molecule has 0 atom stereocenters. The van der Waals surface area contributed by atoms with Gasteiger partial charge in [-0.15, -0.1) is 0 Å². The van der Waals surface area contributed by atoms with Crippen molar-refractivity contribution in [2.75, 3.05) is 13.6 Å². The molecule has 3 heteroatoms. The van der Waals surface area contributed by atoms with Crippen molar-refractivity contribution in [2.45, 2.75) is 38.8 Å². The van der Waals surface area contributed by atoms with Gasteiger partial charge in [0.1, 0.15) is 0 Å². The highest BCUT2D eigenvalue weighted by Gasteiger charge is 2.46. The molecule has 100 valence electrons. The molecule has 1 aliphatic rings. The van der Waals surface area contributed by atoms with Crippen molar-refractivity contribution < 1.29 is 0 Å². The minimum absolute atomic E-state index is 0.220. The van der Waals surface area contributed by atoms with Gasteiger partial charge < -0.3 is 5.73 Å². The Hall–Kier alpha value is -0.930. The Morgan fingerprint density at radius 2 is 2.00 bits per heavy atom. The Bertz CT molecular complexity index is 369. The summed E-state index contributed by atoms with van der Waals surface area (Å²) < 4.78 is 0. The number of rotatable bonds is 5. The lowest BCUT2D eigenvalue weighted by atomic mass is 9.63. The van der Waals surface area contributed by atoms with Crippen LogP contribution in [-0.4, -0.2) is 29.0 Å². The molecule has 0 aliphatic heterocycles. The van der Waals surface area contributed by atoms with Crippen LogP contribution >= 0.6 is 0 Å². The Kier molecular flexibility index (Phi) is 4.03. The number of aromatic nitrogens is 1. The minimum Gasteiger partial charge on any atom is -0.329 e. The number of nitrogens with two attached hydrogens (primary N) is 1. The molecule has 0 spiro atoms. The van der Waals surface area contributed by atoms with Gasteiger partial charge in [0, 0.05) is 31.0 Å². The fourth-order valence-corrected chi connectivity index (χ4v) is 2.95. The molecule has 1 fully saturated rings. The normalized spacial score (nSPS) is 27.6. The molecule has 0 amide bonds. The first kappa shape index (κ1) is 13.5. The van der Waals surface area contributed by atoms with Crippen LogP contribution in [-0.2, 0) is 6.54 Å². The van der Waals surface area contributed by atoms with E-state index in [1.165, 1.54) is 18.4 Å². The monoisotopic (exact) mass is 247 g/mol. The van der Waals surface area contributed by atoms with E-state index in [2.05, 4.69) is 42.9 Å². The van der Waals surface area contributed by atoms with E-state index >= 15 is 0 Å². The van der Waals surface area contributed by atoms with Crippen molar-refractivity contribution in [1.29, 1.82) is 0 Å². The highest BCUT2D eigenvalue weighted by Crippen LogP contribution is 2.45. The van der Waals surface area contributed by atoms with Crippen LogP contribution in [0, 0.1) is 11.8 Å². The first-order chi connectivity index (χ1) is 8.57. The van der Waals surface area contributed by atoms with Crippen molar-refractivity contribution in [1.82, 2.24) is 9.88 Å². The van der Waals surface area contributed by atoms with E-state index in [9.17, 15) is 0 Å². The molecule has 1 saturated carbocycles. The van der Waals surface area contributed by atoms with E-state index < -0.39 is 0 Å². The van der Waals surface area contributed by atoms with E-state index in [1.54, 1.807) is 0 Å². The van der Waals surface area contributed by atoms with E-state index in [0.717, 1.165) is 24.9 Å². The summed E-state index contributed by atoms with van der Waals surface area (Å²) in [5, 5.41) is 0. The van der Waals surface area contributed by atoms with Gasteiger partial charge in [-0.25, -0.2) is 0 Å². The van der Waals surface area contributed by atoms with E-state index in [4.69, 9.17) is 5.73 Å². The lowest BCUT2D eigenvalue weighted by molar-refractivity contribution is -0.0244. The van der Waals surface area contributed by atoms with Crippen molar-refractivity contribution in [2.24, 2.45) is 17.6 Å². The number of nitrogens with zero attached hydrogens (tertiary/aromatic N) is 2. The summed E-state index contributed by atoms with van der Waals surface area (Å²) in [4.78, 5) is 6.49. The van der Waals surface area contributed by atoms with Gasteiger partial charge in [-0.2, -0.15) is 0 Å². The largest absolute Gasteiger partial charge is 0.329 e. The molecule has 1 aliphatic carbocycles. The molecule has 0 bridgehead atoms. The summed E-state index contributed by atoms with van der Waals surface area (Å²) in [7, 11) is 2.20. The van der Waals surface area contributed by atoms with Crippen LogP contribution in [0.2, 0.25) is 0 Å². The number of likely N-dealkylation sites (N-methyl/N-ethyl adjacent to an activating group) is 1. The van der Waals surface area contributed by atoms with Gasteiger partial charge in [-0.05, 0) is 49.4 Å². The average molecular weight is 247 g/mol. The molecule has 1 aromatic rings. The topological polar surface area (TPSA) is 42.1 Å². The van der Waals surface area contributed by atoms with Crippen molar-refractivity contribution in [3.63, 3.8) is 0 Å². The van der Waals surface area contributed by atoms with E-state index in [-0.39, 0.29) is 5.54 Å². The van der Waals surface area contributed by atoms with Crippen molar-refractivity contribution in [3.8, 4) is 0 Å². The quantitative estimate of drug-likeness (QED) is 0.868. The summed E-state index contributed by atoms with van der Waals surface area (Å²) in [6.45, 7) is 6.35. The maximum atomic E-state index is 6.03. The van der Waals surface area contributed by atoms with Gasteiger partial charge in [-0.3, -0.25) is 9.88 Å². The molecule has 1 heterocycles. The van der Waals surface area contributed by atoms with Crippen LogP contribution in [0.5, 0.6) is 0 Å². The predicted molar refractivity (Wildman–Crippen MR) is 75.1 cm³/mol. The third-order valence-electron chi connectivity index (χ3n) is 4.59.